The Labute approximate surface area is 122 Å². The highest BCUT2D eigenvalue weighted by Gasteiger charge is 2.25. The number of carbonyl (C=O) groups excluding carboxylic acids is 1. The average molecular weight is 290 g/mol. The van der Waals surface area contributed by atoms with Crippen molar-refractivity contribution >= 4 is 17.2 Å². The lowest BCUT2D eigenvalue weighted by molar-refractivity contribution is 0.0747. The highest BCUT2D eigenvalue weighted by atomic mass is 32.1. The van der Waals surface area contributed by atoms with Gasteiger partial charge in [0.1, 0.15) is 0 Å². The van der Waals surface area contributed by atoms with E-state index >= 15 is 0 Å². The summed E-state index contributed by atoms with van der Waals surface area (Å²) in [6.07, 6.45) is 0.909. The molecule has 3 heterocycles. The Morgan fingerprint density at radius 3 is 3.20 bits per heavy atom. The fourth-order valence-electron chi connectivity index (χ4n) is 2.47. The molecule has 0 saturated carbocycles. The third-order valence-electron chi connectivity index (χ3n) is 3.60. The Bertz CT molecular complexity index is 590. The first-order valence-electron chi connectivity index (χ1n) is 6.88. The van der Waals surface area contributed by atoms with Crippen molar-refractivity contribution in [2.45, 2.75) is 26.4 Å². The van der Waals surface area contributed by atoms with E-state index in [-0.39, 0.29) is 5.91 Å². The number of H-pyrrole nitrogens is 1. The van der Waals surface area contributed by atoms with E-state index in [9.17, 15) is 4.79 Å². The van der Waals surface area contributed by atoms with E-state index in [2.05, 4.69) is 21.6 Å². The molecular weight excluding hydrogens is 272 g/mol. The van der Waals surface area contributed by atoms with Gasteiger partial charge in [-0.05, 0) is 18.4 Å². The molecule has 1 aliphatic heterocycles. The first-order valence-corrected chi connectivity index (χ1v) is 7.76. The molecule has 20 heavy (non-hydrogen) atoms. The summed E-state index contributed by atoms with van der Waals surface area (Å²) in [5.41, 5.74) is 2.70. The van der Waals surface area contributed by atoms with Gasteiger partial charge in [0.25, 0.3) is 5.91 Å². The summed E-state index contributed by atoms with van der Waals surface area (Å²) in [6.45, 7) is 5.01. The van der Waals surface area contributed by atoms with Crippen LogP contribution in [0.25, 0.3) is 0 Å². The van der Waals surface area contributed by atoms with Crippen molar-refractivity contribution in [3.63, 3.8) is 0 Å². The van der Waals surface area contributed by atoms with Gasteiger partial charge in [0.05, 0.1) is 6.54 Å². The first kappa shape index (κ1) is 13.3. The molecule has 0 atom stereocenters. The highest BCUT2D eigenvalue weighted by Crippen LogP contribution is 2.19. The van der Waals surface area contributed by atoms with Crippen molar-refractivity contribution < 1.29 is 4.79 Å². The number of rotatable bonds is 4. The van der Waals surface area contributed by atoms with Crippen LogP contribution in [0.1, 0.15) is 33.5 Å². The summed E-state index contributed by atoms with van der Waals surface area (Å²) < 4.78 is 0. The minimum absolute atomic E-state index is 0.0158. The van der Waals surface area contributed by atoms with Crippen molar-refractivity contribution in [3.8, 4) is 0 Å². The third-order valence-corrected chi connectivity index (χ3v) is 4.47. The van der Waals surface area contributed by atoms with Crippen LogP contribution >= 0.6 is 11.3 Å². The zero-order valence-electron chi connectivity index (χ0n) is 11.5. The molecule has 0 aliphatic carbocycles. The van der Waals surface area contributed by atoms with Crippen LogP contribution in [0.15, 0.2) is 17.5 Å². The van der Waals surface area contributed by atoms with Crippen LogP contribution in [0.5, 0.6) is 0 Å². The number of nitrogens with zero attached hydrogens (tertiary/aromatic N) is 2. The van der Waals surface area contributed by atoms with E-state index in [1.54, 1.807) is 11.3 Å². The molecule has 3 rings (SSSR count). The fourth-order valence-corrected chi connectivity index (χ4v) is 3.19. The second-order valence-electron chi connectivity index (χ2n) is 4.85. The van der Waals surface area contributed by atoms with Crippen molar-refractivity contribution in [1.82, 2.24) is 20.4 Å². The highest BCUT2D eigenvalue weighted by molar-refractivity contribution is 7.09. The lowest BCUT2D eigenvalue weighted by atomic mass is 10.1. The summed E-state index contributed by atoms with van der Waals surface area (Å²) in [7, 11) is 0. The van der Waals surface area contributed by atoms with Crippen molar-refractivity contribution in [2.24, 2.45) is 0 Å². The van der Waals surface area contributed by atoms with Crippen LogP contribution in [-0.4, -0.2) is 34.1 Å². The number of carbonyl (C=O) groups is 1. The number of hydrogen-bond donors (Lipinski definition) is 2. The molecule has 0 spiro atoms. The van der Waals surface area contributed by atoms with E-state index in [1.807, 2.05) is 23.3 Å². The van der Waals surface area contributed by atoms with Gasteiger partial charge in [-0.2, -0.15) is 5.10 Å². The molecule has 0 bridgehead atoms. The van der Waals surface area contributed by atoms with E-state index in [1.165, 1.54) is 4.88 Å². The van der Waals surface area contributed by atoms with Crippen molar-refractivity contribution in [3.05, 3.63) is 39.3 Å². The van der Waals surface area contributed by atoms with E-state index < -0.39 is 0 Å². The molecule has 0 aromatic carbocycles. The minimum Gasteiger partial charge on any atom is -0.332 e. The normalized spacial score (nSPS) is 14.1. The Morgan fingerprint density at radius 2 is 2.45 bits per heavy atom. The van der Waals surface area contributed by atoms with E-state index in [0.717, 1.165) is 30.8 Å². The number of amides is 1. The van der Waals surface area contributed by atoms with Crippen molar-refractivity contribution in [2.75, 3.05) is 13.1 Å². The lowest BCUT2D eigenvalue weighted by Gasteiger charge is -2.20. The smallest absolute Gasteiger partial charge is 0.275 e. The molecule has 0 unspecified atom stereocenters. The fraction of sp³-hybridized carbons (Fsp3) is 0.429. The summed E-state index contributed by atoms with van der Waals surface area (Å²) in [6, 6.07) is 4.07. The quantitative estimate of drug-likeness (QED) is 0.902. The number of aromatic amines is 1. The molecule has 2 N–H and O–H groups in total. The minimum atomic E-state index is 0.0158. The maximum Gasteiger partial charge on any atom is 0.275 e. The third kappa shape index (κ3) is 2.48. The molecular formula is C14H18N4OS. The van der Waals surface area contributed by atoms with Crippen LogP contribution in [0.3, 0.4) is 0 Å². The van der Waals surface area contributed by atoms with Crippen LogP contribution in [0.2, 0.25) is 0 Å². The lowest BCUT2D eigenvalue weighted by Crippen LogP contribution is -2.32. The largest absolute Gasteiger partial charge is 0.332 e. The van der Waals surface area contributed by atoms with Gasteiger partial charge in [-0.1, -0.05) is 6.07 Å². The average Bonchev–Trinajstić information content (AvgIpc) is 3.13. The van der Waals surface area contributed by atoms with Gasteiger partial charge in [-0.3, -0.25) is 9.89 Å². The maximum absolute atomic E-state index is 12.7. The molecule has 0 fully saturated rings. The SMILES string of the molecule is CCN(Cc1cccs1)C(=O)c1n[nH]c2c1CNCC2. The summed E-state index contributed by atoms with van der Waals surface area (Å²) in [4.78, 5) is 15.7. The monoisotopic (exact) mass is 290 g/mol. The van der Waals surface area contributed by atoms with Gasteiger partial charge in [-0.15, -0.1) is 11.3 Å². The number of aromatic nitrogens is 2. The predicted octanol–water partition coefficient (Wildman–Crippen LogP) is 1.78. The molecule has 2 aromatic heterocycles. The van der Waals surface area contributed by atoms with Gasteiger partial charge >= 0.3 is 0 Å². The van der Waals surface area contributed by atoms with Gasteiger partial charge in [0, 0.05) is 42.2 Å². The summed E-state index contributed by atoms with van der Waals surface area (Å²) >= 11 is 1.68. The molecule has 1 amide bonds. The van der Waals surface area contributed by atoms with Crippen molar-refractivity contribution in [1.29, 1.82) is 0 Å². The second kappa shape index (κ2) is 5.76. The van der Waals surface area contributed by atoms with Gasteiger partial charge < -0.3 is 10.2 Å². The number of fused-ring (bicyclic) bond motifs is 1. The predicted molar refractivity (Wildman–Crippen MR) is 78.7 cm³/mol. The molecule has 5 nitrogen and oxygen atoms in total. The first-order chi connectivity index (χ1) is 9.79. The van der Waals surface area contributed by atoms with Gasteiger partial charge in [0.15, 0.2) is 5.69 Å². The van der Waals surface area contributed by atoms with Crippen LogP contribution < -0.4 is 5.32 Å². The second-order valence-corrected chi connectivity index (χ2v) is 5.89. The number of nitrogens with one attached hydrogen (secondary N) is 2. The van der Waals surface area contributed by atoms with Crippen LogP contribution in [-0.2, 0) is 19.5 Å². The van der Waals surface area contributed by atoms with Crippen LogP contribution in [0, 0.1) is 0 Å². The number of thiophene rings is 1. The van der Waals surface area contributed by atoms with E-state index in [4.69, 9.17) is 0 Å². The molecule has 6 heteroatoms. The Hall–Kier alpha value is -1.66. The summed E-state index contributed by atoms with van der Waals surface area (Å²) in [5, 5.41) is 12.6. The van der Waals surface area contributed by atoms with Gasteiger partial charge in [-0.25, -0.2) is 0 Å². The molecule has 106 valence electrons. The number of hydrogen-bond acceptors (Lipinski definition) is 4. The zero-order valence-corrected chi connectivity index (χ0v) is 12.3. The Balaban J connectivity index is 1.81. The van der Waals surface area contributed by atoms with E-state index in [0.29, 0.717) is 18.8 Å². The zero-order chi connectivity index (χ0) is 13.9. The Kier molecular flexibility index (Phi) is 3.84. The molecule has 0 radical (unpaired) electrons. The molecule has 0 saturated heterocycles. The molecule has 1 aliphatic rings. The van der Waals surface area contributed by atoms with Crippen LogP contribution in [0.4, 0.5) is 0 Å². The topological polar surface area (TPSA) is 61.0 Å². The summed E-state index contributed by atoms with van der Waals surface area (Å²) in [5.74, 6) is 0.0158. The maximum atomic E-state index is 12.7. The molecule has 2 aromatic rings. The van der Waals surface area contributed by atoms with Gasteiger partial charge in [0.2, 0.25) is 0 Å². The standard InChI is InChI=1S/C14H18N4OS/c1-2-18(9-10-4-3-7-20-10)14(19)13-11-8-15-6-5-12(11)16-17-13/h3-4,7,15H,2,5-6,8-9H2,1H3,(H,16,17). The Morgan fingerprint density at radius 1 is 1.55 bits per heavy atom.